The minimum atomic E-state index is -1.43. The SMILES string of the molecule is CNC(CCSC)C(=O)O.CSCCC(N)C(O)C(=O)O. The minimum absolute atomic E-state index is 0.382. The second kappa shape index (κ2) is 14.5. The maximum atomic E-state index is 10.4. The average Bonchev–Trinajstić information content (AvgIpc) is 2.44. The van der Waals surface area contributed by atoms with Crippen molar-refractivity contribution in [2.24, 2.45) is 5.73 Å². The van der Waals surface area contributed by atoms with E-state index in [0.717, 1.165) is 11.5 Å². The Kier molecular flexibility index (Phi) is 15.7. The lowest BCUT2D eigenvalue weighted by atomic mass is 10.1. The van der Waals surface area contributed by atoms with Crippen LogP contribution in [0.15, 0.2) is 0 Å². The smallest absolute Gasteiger partial charge is 0.334 e. The van der Waals surface area contributed by atoms with Crippen LogP contribution in [0, 0.1) is 0 Å². The molecule has 0 heterocycles. The van der Waals surface area contributed by atoms with Gasteiger partial charge in [-0.25, -0.2) is 4.79 Å². The first kappa shape index (κ1) is 22.8. The molecule has 0 spiro atoms. The van der Waals surface area contributed by atoms with Gasteiger partial charge in [0.2, 0.25) is 0 Å². The Morgan fingerprint density at radius 3 is 1.90 bits per heavy atom. The Balaban J connectivity index is 0. The molecule has 0 saturated carbocycles. The molecule has 0 aliphatic carbocycles. The molecule has 126 valence electrons. The van der Waals surface area contributed by atoms with Crippen molar-refractivity contribution in [3.8, 4) is 0 Å². The molecule has 3 atom stereocenters. The Labute approximate surface area is 134 Å². The second-order valence-corrected chi connectivity index (χ2v) is 6.16. The molecule has 0 aliphatic rings. The predicted octanol–water partition coefficient (Wildman–Crippen LogP) is -0.0756. The number of rotatable bonds is 10. The normalized spacial score (nSPS) is 14.5. The summed E-state index contributed by atoms with van der Waals surface area (Å²) >= 11 is 3.23. The van der Waals surface area contributed by atoms with Gasteiger partial charge in [-0.05, 0) is 43.9 Å². The van der Waals surface area contributed by atoms with Crippen molar-refractivity contribution in [3.05, 3.63) is 0 Å². The fraction of sp³-hybridized carbons (Fsp3) is 0.833. The van der Waals surface area contributed by atoms with E-state index in [2.05, 4.69) is 5.32 Å². The molecular weight excluding hydrogens is 316 g/mol. The van der Waals surface area contributed by atoms with Gasteiger partial charge >= 0.3 is 11.9 Å². The summed E-state index contributed by atoms with van der Waals surface area (Å²) in [6.45, 7) is 0. The molecule has 0 aromatic rings. The predicted molar refractivity (Wildman–Crippen MR) is 88.1 cm³/mol. The number of carboxylic acid groups (broad SMARTS) is 2. The summed E-state index contributed by atoms with van der Waals surface area (Å²) in [4.78, 5) is 20.5. The van der Waals surface area contributed by atoms with E-state index >= 15 is 0 Å². The van der Waals surface area contributed by atoms with Crippen molar-refractivity contribution in [2.45, 2.75) is 31.0 Å². The number of thioether (sulfide) groups is 2. The lowest BCUT2D eigenvalue weighted by molar-refractivity contribution is -0.147. The quantitative estimate of drug-likeness (QED) is 0.370. The summed E-state index contributed by atoms with van der Waals surface area (Å²) in [5.74, 6) is -0.362. The zero-order valence-corrected chi connectivity index (χ0v) is 14.2. The van der Waals surface area contributed by atoms with Crippen LogP contribution in [0.1, 0.15) is 12.8 Å². The molecule has 0 radical (unpaired) electrons. The Morgan fingerprint density at radius 2 is 1.57 bits per heavy atom. The number of aliphatic carboxylic acids is 2. The van der Waals surface area contributed by atoms with Crippen molar-refractivity contribution in [1.29, 1.82) is 0 Å². The van der Waals surface area contributed by atoms with Crippen LogP contribution in [0.2, 0.25) is 0 Å². The summed E-state index contributed by atoms with van der Waals surface area (Å²) in [5, 5.41) is 28.5. The average molecular weight is 342 g/mol. The van der Waals surface area contributed by atoms with Crippen molar-refractivity contribution in [1.82, 2.24) is 5.32 Å². The van der Waals surface area contributed by atoms with Crippen LogP contribution >= 0.6 is 23.5 Å². The third-order valence-electron chi connectivity index (χ3n) is 2.57. The van der Waals surface area contributed by atoms with Gasteiger partial charge in [0.25, 0.3) is 0 Å². The highest BCUT2D eigenvalue weighted by atomic mass is 32.2. The fourth-order valence-corrected chi connectivity index (χ4v) is 2.20. The van der Waals surface area contributed by atoms with Gasteiger partial charge in [-0.2, -0.15) is 23.5 Å². The zero-order valence-electron chi connectivity index (χ0n) is 12.6. The van der Waals surface area contributed by atoms with Gasteiger partial charge in [0.15, 0.2) is 6.10 Å². The maximum Gasteiger partial charge on any atom is 0.334 e. The minimum Gasteiger partial charge on any atom is -0.480 e. The number of aliphatic hydroxyl groups excluding tert-OH is 1. The van der Waals surface area contributed by atoms with Crippen molar-refractivity contribution < 1.29 is 24.9 Å². The van der Waals surface area contributed by atoms with Gasteiger partial charge in [0.1, 0.15) is 6.04 Å². The molecule has 0 fully saturated rings. The number of nitrogens with two attached hydrogens (primary N) is 1. The first-order chi connectivity index (χ1) is 9.81. The molecule has 7 nitrogen and oxygen atoms in total. The van der Waals surface area contributed by atoms with Gasteiger partial charge in [-0.1, -0.05) is 0 Å². The molecule has 0 aromatic carbocycles. The van der Waals surface area contributed by atoms with Crippen LogP contribution < -0.4 is 11.1 Å². The van der Waals surface area contributed by atoms with E-state index in [-0.39, 0.29) is 6.04 Å². The van der Waals surface area contributed by atoms with E-state index in [1.807, 2.05) is 12.5 Å². The molecule has 0 rings (SSSR count). The third kappa shape index (κ3) is 12.9. The number of aliphatic hydroxyl groups is 1. The molecule has 0 aromatic heterocycles. The number of nitrogens with one attached hydrogen (secondary N) is 1. The lowest BCUT2D eigenvalue weighted by Gasteiger charge is -2.13. The maximum absolute atomic E-state index is 10.4. The molecule has 9 heteroatoms. The molecule has 0 amide bonds. The summed E-state index contributed by atoms with van der Waals surface area (Å²) in [5.41, 5.74) is 5.36. The molecule has 0 saturated heterocycles. The molecule has 0 aliphatic heterocycles. The zero-order chi connectivity index (χ0) is 16.8. The van der Waals surface area contributed by atoms with Crippen LogP contribution in [0.3, 0.4) is 0 Å². The van der Waals surface area contributed by atoms with Crippen LogP contribution in [-0.4, -0.2) is 76.5 Å². The van der Waals surface area contributed by atoms with Gasteiger partial charge in [-0.3, -0.25) is 4.79 Å². The van der Waals surface area contributed by atoms with Crippen LogP contribution in [0.25, 0.3) is 0 Å². The number of carboxylic acids is 2. The van der Waals surface area contributed by atoms with Crippen molar-refractivity contribution in [2.75, 3.05) is 31.1 Å². The van der Waals surface area contributed by atoms with Crippen LogP contribution in [0.5, 0.6) is 0 Å². The van der Waals surface area contributed by atoms with Crippen molar-refractivity contribution in [3.63, 3.8) is 0 Å². The van der Waals surface area contributed by atoms with Crippen LogP contribution in [0.4, 0.5) is 0 Å². The van der Waals surface area contributed by atoms with E-state index in [9.17, 15) is 9.59 Å². The third-order valence-corrected chi connectivity index (χ3v) is 3.86. The number of hydrogen-bond donors (Lipinski definition) is 5. The largest absolute Gasteiger partial charge is 0.480 e. The van der Waals surface area contributed by atoms with Gasteiger partial charge in [-0.15, -0.1) is 0 Å². The van der Waals surface area contributed by atoms with Crippen LogP contribution in [-0.2, 0) is 9.59 Å². The van der Waals surface area contributed by atoms with E-state index in [4.69, 9.17) is 21.1 Å². The number of hydrogen-bond acceptors (Lipinski definition) is 7. The number of carbonyl (C=O) groups is 2. The molecule has 3 unspecified atom stereocenters. The summed E-state index contributed by atoms with van der Waals surface area (Å²) in [7, 11) is 1.67. The summed E-state index contributed by atoms with van der Waals surface area (Å²) < 4.78 is 0. The first-order valence-electron chi connectivity index (χ1n) is 6.36. The Morgan fingerprint density at radius 1 is 1.10 bits per heavy atom. The highest BCUT2D eigenvalue weighted by Gasteiger charge is 2.21. The van der Waals surface area contributed by atoms with E-state index in [1.165, 1.54) is 0 Å². The Bertz CT molecular complexity index is 295. The van der Waals surface area contributed by atoms with E-state index in [0.29, 0.717) is 12.8 Å². The fourth-order valence-electron chi connectivity index (χ4n) is 1.22. The lowest BCUT2D eigenvalue weighted by Crippen LogP contribution is -2.40. The topological polar surface area (TPSA) is 133 Å². The van der Waals surface area contributed by atoms with Gasteiger partial charge < -0.3 is 26.4 Å². The highest BCUT2D eigenvalue weighted by Crippen LogP contribution is 2.02. The monoisotopic (exact) mass is 342 g/mol. The van der Waals surface area contributed by atoms with E-state index < -0.39 is 24.1 Å². The van der Waals surface area contributed by atoms with E-state index in [1.54, 1.807) is 30.6 Å². The van der Waals surface area contributed by atoms with Gasteiger partial charge in [0.05, 0.1) is 0 Å². The summed E-state index contributed by atoms with van der Waals surface area (Å²) in [6, 6.07) is -1.03. The number of likely N-dealkylation sites (N-methyl/N-ethyl adjacent to an activating group) is 1. The molecule has 0 bridgehead atoms. The standard InChI is InChI=1S/C6H13NO3S.C6H13NO2S/c1-11-3-2-4(7)5(8)6(9)10;1-7-5(6(8)9)3-4-10-2/h4-5,8H,2-3,7H2,1H3,(H,9,10);5,7H,3-4H2,1-2H3,(H,8,9). The second-order valence-electron chi connectivity index (χ2n) is 4.19. The Hall–Kier alpha value is -0.480. The van der Waals surface area contributed by atoms with Gasteiger partial charge in [0, 0.05) is 6.04 Å². The molecular formula is C12H26N2O5S2. The molecule has 21 heavy (non-hydrogen) atoms. The summed E-state index contributed by atoms with van der Waals surface area (Å²) in [6.07, 6.45) is 3.65. The van der Waals surface area contributed by atoms with Crippen molar-refractivity contribution >= 4 is 35.5 Å². The highest BCUT2D eigenvalue weighted by molar-refractivity contribution is 7.98. The molecule has 6 N–H and O–H groups in total. The first-order valence-corrected chi connectivity index (χ1v) is 9.14.